The number of nitrogens with zero attached hydrogens (tertiary/aromatic N) is 1. The van der Waals surface area contributed by atoms with E-state index in [1.54, 1.807) is 14.2 Å². The van der Waals surface area contributed by atoms with Crippen molar-refractivity contribution in [2.24, 2.45) is 0 Å². The predicted molar refractivity (Wildman–Crippen MR) is 120 cm³/mol. The maximum atomic E-state index is 12.6. The quantitative estimate of drug-likeness (QED) is 0.597. The van der Waals surface area contributed by atoms with E-state index >= 15 is 0 Å². The van der Waals surface area contributed by atoms with Gasteiger partial charge in [0.2, 0.25) is 11.8 Å². The number of rotatable bonds is 8. The van der Waals surface area contributed by atoms with E-state index in [2.05, 4.69) is 16.4 Å². The highest BCUT2D eigenvalue weighted by Crippen LogP contribution is 2.32. The van der Waals surface area contributed by atoms with Crippen LogP contribution in [0, 0.1) is 0 Å². The first kappa shape index (κ1) is 21.4. The Morgan fingerprint density at radius 1 is 1.10 bits per heavy atom. The fourth-order valence-corrected chi connectivity index (χ4v) is 3.56. The van der Waals surface area contributed by atoms with Crippen molar-refractivity contribution in [2.75, 3.05) is 20.7 Å². The van der Waals surface area contributed by atoms with Crippen molar-refractivity contribution in [1.29, 1.82) is 0 Å². The molecule has 0 aliphatic rings. The number of methoxy groups -OCH3 is 1. The summed E-state index contributed by atoms with van der Waals surface area (Å²) >= 11 is 0. The Balaban J connectivity index is 1.79. The summed E-state index contributed by atoms with van der Waals surface area (Å²) < 4.78 is 5.26. The van der Waals surface area contributed by atoms with Gasteiger partial charge >= 0.3 is 0 Å². The number of carbonyl (C=O) groups excluding carboxylic acids is 2. The Morgan fingerprint density at radius 3 is 2.47 bits per heavy atom. The summed E-state index contributed by atoms with van der Waals surface area (Å²) in [5.74, 6) is 0.597. The molecule has 2 N–H and O–H groups in total. The number of hydrogen-bond donors (Lipinski definition) is 2. The Bertz CT molecular complexity index is 1020. The van der Waals surface area contributed by atoms with Gasteiger partial charge in [0, 0.05) is 36.1 Å². The second kappa shape index (κ2) is 9.48. The van der Waals surface area contributed by atoms with Gasteiger partial charge in [-0.25, -0.2) is 0 Å². The third-order valence-electron chi connectivity index (χ3n) is 5.04. The van der Waals surface area contributed by atoms with Crippen LogP contribution in [0.25, 0.3) is 22.2 Å². The lowest BCUT2D eigenvalue weighted by atomic mass is 10.0. The number of para-hydroxylation sites is 1. The van der Waals surface area contributed by atoms with Crippen LogP contribution in [0.3, 0.4) is 0 Å². The maximum Gasteiger partial charge on any atom is 0.239 e. The van der Waals surface area contributed by atoms with Crippen LogP contribution >= 0.6 is 0 Å². The number of aromatic nitrogens is 1. The molecule has 0 atom stereocenters. The highest BCUT2D eigenvalue weighted by molar-refractivity contribution is 5.92. The van der Waals surface area contributed by atoms with E-state index in [9.17, 15) is 9.59 Å². The maximum absolute atomic E-state index is 12.6. The summed E-state index contributed by atoms with van der Waals surface area (Å²) in [4.78, 5) is 29.6. The van der Waals surface area contributed by atoms with Crippen molar-refractivity contribution in [3.63, 3.8) is 0 Å². The van der Waals surface area contributed by atoms with Gasteiger partial charge in [0.25, 0.3) is 0 Å². The second-order valence-corrected chi connectivity index (χ2v) is 7.72. The van der Waals surface area contributed by atoms with Crippen LogP contribution in [0.15, 0.2) is 48.5 Å². The lowest BCUT2D eigenvalue weighted by molar-refractivity contribution is -0.134. The number of aromatic amines is 1. The van der Waals surface area contributed by atoms with Crippen LogP contribution in [0.4, 0.5) is 0 Å². The minimum absolute atomic E-state index is 0.0549. The van der Waals surface area contributed by atoms with Crippen LogP contribution in [0.1, 0.15) is 25.8 Å². The summed E-state index contributed by atoms with van der Waals surface area (Å²) in [6, 6.07) is 16.0. The zero-order valence-electron chi connectivity index (χ0n) is 18.0. The van der Waals surface area contributed by atoms with Crippen molar-refractivity contribution < 1.29 is 14.3 Å². The fourth-order valence-electron chi connectivity index (χ4n) is 3.56. The van der Waals surface area contributed by atoms with Crippen molar-refractivity contribution in [3.05, 3.63) is 54.1 Å². The minimum atomic E-state index is -0.146. The molecule has 0 saturated carbocycles. The molecule has 2 aromatic carbocycles. The molecule has 0 radical (unpaired) electrons. The van der Waals surface area contributed by atoms with Gasteiger partial charge in [0.15, 0.2) is 0 Å². The Labute approximate surface area is 177 Å². The molecule has 6 heteroatoms. The van der Waals surface area contributed by atoms with Crippen molar-refractivity contribution in [2.45, 2.75) is 32.7 Å². The molecule has 3 aromatic rings. The second-order valence-electron chi connectivity index (χ2n) is 7.72. The number of fused-ring (bicyclic) bond motifs is 1. The average Bonchev–Trinajstić information content (AvgIpc) is 3.10. The Kier molecular flexibility index (Phi) is 6.77. The third kappa shape index (κ3) is 5.00. The third-order valence-corrected chi connectivity index (χ3v) is 5.04. The summed E-state index contributed by atoms with van der Waals surface area (Å²) in [6.07, 6.45) is 0.914. The zero-order chi connectivity index (χ0) is 21.7. The molecule has 0 unspecified atom stereocenters. The molecule has 0 aliphatic carbocycles. The molecular weight excluding hydrogens is 378 g/mol. The van der Waals surface area contributed by atoms with Gasteiger partial charge in [-0.3, -0.25) is 9.59 Å². The predicted octanol–water partition coefficient (Wildman–Crippen LogP) is 3.76. The van der Waals surface area contributed by atoms with Crippen LogP contribution < -0.4 is 10.1 Å². The largest absolute Gasteiger partial charge is 0.497 e. The highest BCUT2D eigenvalue weighted by atomic mass is 16.5. The smallest absolute Gasteiger partial charge is 0.239 e. The number of H-pyrrole nitrogens is 1. The molecule has 6 nitrogen and oxygen atoms in total. The number of hydrogen-bond acceptors (Lipinski definition) is 3. The van der Waals surface area contributed by atoms with Gasteiger partial charge < -0.3 is 19.9 Å². The molecule has 2 amide bonds. The standard InChI is InChI=1S/C24H29N3O3/c1-16(2)25-22(28)15-27(3)23(29)14-13-20-19-7-5-6-8-21(19)26-24(20)17-9-11-18(30-4)12-10-17/h5-12,16,26H,13-15H2,1-4H3,(H,25,28). The lowest BCUT2D eigenvalue weighted by Crippen LogP contribution is -2.40. The molecule has 0 saturated heterocycles. The number of aryl methyl sites for hydroxylation is 1. The van der Waals surface area contributed by atoms with Gasteiger partial charge in [-0.1, -0.05) is 18.2 Å². The molecule has 3 rings (SSSR count). The van der Waals surface area contributed by atoms with E-state index in [4.69, 9.17) is 4.74 Å². The molecular formula is C24H29N3O3. The SMILES string of the molecule is COc1ccc(-c2[nH]c3ccccc3c2CCC(=O)N(C)CC(=O)NC(C)C)cc1. The van der Waals surface area contributed by atoms with Crippen LogP contribution in [0.2, 0.25) is 0 Å². The molecule has 0 spiro atoms. The molecule has 0 fully saturated rings. The summed E-state index contributed by atoms with van der Waals surface area (Å²) in [5, 5.41) is 3.92. The fraction of sp³-hybridized carbons (Fsp3) is 0.333. The van der Waals surface area contributed by atoms with Gasteiger partial charge in [0.05, 0.1) is 13.7 Å². The number of nitrogens with one attached hydrogen (secondary N) is 2. The molecule has 0 aliphatic heterocycles. The van der Waals surface area contributed by atoms with Crippen LogP contribution in [-0.2, 0) is 16.0 Å². The summed E-state index contributed by atoms with van der Waals surface area (Å²) in [7, 11) is 3.31. The Hall–Kier alpha value is -3.28. The van der Waals surface area contributed by atoms with Crippen molar-refractivity contribution in [1.82, 2.24) is 15.2 Å². The summed E-state index contributed by atoms with van der Waals surface area (Å²) in [6.45, 7) is 3.87. The van der Waals surface area contributed by atoms with E-state index in [1.165, 1.54) is 4.90 Å². The van der Waals surface area contributed by atoms with Gasteiger partial charge in [-0.15, -0.1) is 0 Å². The first-order valence-electron chi connectivity index (χ1n) is 10.2. The molecule has 1 aromatic heterocycles. The van der Waals surface area contributed by atoms with Gasteiger partial charge in [0.1, 0.15) is 5.75 Å². The molecule has 30 heavy (non-hydrogen) atoms. The van der Waals surface area contributed by atoms with Crippen LogP contribution in [-0.4, -0.2) is 48.4 Å². The Morgan fingerprint density at radius 2 is 1.80 bits per heavy atom. The van der Waals surface area contributed by atoms with Gasteiger partial charge in [-0.2, -0.15) is 0 Å². The van der Waals surface area contributed by atoms with Crippen molar-refractivity contribution >= 4 is 22.7 Å². The van der Waals surface area contributed by atoms with E-state index in [-0.39, 0.29) is 24.4 Å². The van der Waals surface area contributed by atoms with E-state index in [0.717, 1.165) is 33.5 Å². The first-order valence-corrected chi connectivity index (χ1v) is 10.2. The normalized spacial score (nSPS) is 11.0. The topological polar surface area (TPSA) is 74.4 Å². The van der Waals surface area contributed by atoms with Crippen LogP contribution in [0.5, 0.6) is 5.75 Å². The molecule has 1 heterocycles. The minimum Gasteiger partial charge on any atom is -0.497 e. The number of likely N-dealkylation sites (N-methyl/N-ethyl adjacent to an activating group) is 1. The van der Waals surface area contributed by atoms with E-state index in [1.807, 2.05) is 56.3 Å². The average molecular weight is 408 g/mol. The van der Waals surface area contributed by atoms with Gasteiger partial charge in [-0.05, 0) is 61.7 Å². The lowest BCUT2D eigenvalue weighted by Gasteiger charge is -2.18. The van der Waals surface area contributed by atoms with Crippen molar-refractivity contribution in [3.8, 4) is 17.0 Å². The monoisotopic (exact) mass is 407 g/mol. The summed E-state index contributed by atoms with van der Waals surface area (Å²) in [5.41, 5.74) is 4.19. The number of carbonyl (C=O) groups is 2. The number of benzene rings is 2. The number of amides is 2. The molecule has 158 valence electrons. The number of ether oxygens (including phenoxy) is 1. The highest BCUT2D eigenvalue weighted by Gasteiger charge is 2.17. The zero-order valence-corrected chi connectivity index (χ0v) is 18.0. The van der Waals surface area contributed by atoms with E-state index in [0.29, 0.717) is 12.8 Å². The first-order chi connectivity index (χ1) is 14.4. The molecule has 0 bridgehead atoms. The van der Waals surface area contributed by atoms with E-state index < -0.39 is 0 Å².